The summed E-state index contributed by atoms with van der Waals surface area (Å²) < 4.78 is 71.3. The van der Waals surface area contributed by atoms with Gasteiger partial charge in [-0.2, -0.15) is 22.5 Å². The molecular formula is C18H16F3N3O3S2. The smallest absolute Gasteiger partial charge is 0.339 e. The first-order valence-electron chi connectivity index (χ1n) is 8.80. The van der Waals surface area contributed by atoms with Gasteiger partial charge in [0.15, 0.2) is 0 Å². The van der Waals surface area contributed by atoms with Crippen LogP contribution in [0.3, 0.4) is 0 Å². The first kappa shape index (κ1) is 20.0. The van der Waals surface area contributed by atoms with Crippen molar-refractivity contribution in [1.29, 1.82) is 0 Å². The van der Waals surface area contributed by atoms with Crippen molar-refractivity contribution < 1.29 is 26.1 Å². The molecule has 1 saturated heterocycles. The lowest BCUT2D eigenvalue weighted by Crippen LogP contribution is -2.39. The van der Waals surface area contributed by atoms with Crippen molar-refractivity contribution in [2.24, 2.45) is 0 Å². The molecular weight excluding hydrogens is 427 g/mol. The molecule has 0 saturated carbocycles. The molecule has 1 unspecified atom stereocenters. The highest BCUT2D eigenvalue weighted by molar-refractivity contribution is 7.89. The normalized spacial score (nSPS) is 18.8. The van der Waals surface area contributed by atoms with Crippen LogP contribution in [-0.4, -0.2) is 36.0 Å². The van der Waals surface area contributed by atoms with Crippen molar-refractivity contribution in [2.45, 2.75) is 29.8 Å². The molecule has 4 rings (SSSR count). The van der Waals surface area contributed by atoms with Crippen molar-refractivity contribution in [2.75, 3.05) is 13.1 Å². The fourth-order valence-corrected chi connectivity index (χ4v) is 5.47. The van der Waals surface area contributed by atoms with Crippen LogP contribution in [0.15, 0.2) is 51.2 Å². The van der Waals surface area contributed by atoms with Gasteiger partial charge in [0.05, 0.1) is 21.3 Å². The van der Waals surface area contributed by atoms with E-state index in [2.05, 4.69) is 10.1 Å². The van der Waals surface area contributed by atoms with E-state index in [1.54, 1.807) is 0 Å². The first-order valence-corrected chi connectivity index (χ1v) is 11.1. The number of thiophene rings is 1. The highest BCUT2D eigenvalue weighted by atomic mass is 32.2. The monoisotopic (exact) mass is 443 g/mol. The predicted octanol–water partition coefficient (Wildman–Crippen LogP) is 4.39. The van der Waals surface area contributed by atoms with Gasteiger partial charge in [0.25, 0.3) is 0 Å². The minimum Gasteiger partial charge on any atom is -0.339 e. The molecule has 1 aliphatic rings. The van der Waals surface area contributed by atoms with Gasteiger partial charge in [-0.05, 0) is 42.5 Å². The maximum Gasteiger partial charge on any atom is 0.416 e. The quantitative estimate of drug-likeness (QED) is 0.598. The summed E-state index contributed by atoms with van der Waals surface area (Å²) in [7, 11) is -4.08. The van der Waals surface area contributed by atoms with Crippen LogP contribution in [0.5, 0.6) is 0 Å². The second-order valence-electron chi connectivity index (χ2n) is 6.66. The molecule has 2 aromatic heterocycles. The molecule has 1 aromatic carbocycles. The average molecular weight is 443 g/mol. The molecule has 3 aromatic rings. The summed E-state index contributed by atoms with van der Waals surface area (Å²) in [5.74, 6) is 0.454. The Labute approximate surface area is 169 Å². The SMILES string of the molecule is O=S(=O)(c1cccc(C(F)(F)F)c1)N1CCCC(c2nc(-c3cccs3)no2)C1. The van der Waals surface area contributed by atoms with Crippen molar-refractivity contribution in [1.82, 2.24) is 14.4 Å². The van der Waals surface area contributed by atoms with E-state index in [0.717, 1.165) is 17.0 Å². The molecule has 0 spiro atoms. The maximum atomic E-state index is 13.0. The van der Waals surface area contributed by atoms with E-state index in [1.165, 1.54) is 21.7 Å². The van der Waals surface area contributed by atoms with E-state index in [9.17, 15) is 21.6 Å². The van der Waals surface area contributed by atoms with Gasteiger partial charge in [-0.1, -0.05) is 17.3 Å². The van der Waals surface area contributed by atoms with E-state index in [4.69, 9.17) is 4.52 Å². The Bertz CT molecular complexity index is 1100. The van der Waals surface area contributed by atoms with Crippen molar-refractivity contribution in [3.8, 4) is 10.7 Å². The summed E-state index contributed by atoms with van der Waals surface area (Å²) in [6, 6.07) is 7.51. The zero-order valence-corrected chi connectivity index (χ0v) is 16.6. The number of hydrogen-bond acceptors (Lipinski definition) is 6. The van der Waals surface area contributed by atoms with Crippen LogP contribution in [0.1, 0.15) is 30.2 Å². The van der Waals surface area contributed by atoms with Crippen molar-refractivity contribution >= 4 is 21.4 Å². The van der Waals surface area contributed by atoms with Crippen LogP contribution in [0.2, 0.25) is 0 Å². The third-order valence-corrected chi connectivity index (χ3v) is 7.44. The molecule has 0 amide bonds. The summed E-state index contributed by atoms with van der Waals surface area (Å²) >= 11 is 1.46. The van der Waals surface area contributed by atoms with Gasteiger partial charge in [-0.25, -0.2) is 8.42 Å². The fourth-order valence-electron chi connectivity index (χ4n) is 3.25. The molecule has 29 heavy (non-hydrogen) atoms. The number of nitrogens with zero attached hydrogens (tertiary/aromatic N) is 3. The Morgan fingerprint density at radius 1 is 1.21 bits per heavy atom. The van der Waals surface area contributed by atoms with Gasteiger partial charge in [0, 0.05) is 13.1 Å². The molecule has 154 valence electrons. The molecule has 1 aliphatic heterocycles. The van der Waals surface area contributed by atoms with Crippen LogP contribution in [0.4, 0.5) is 13.2 Å². The Kier molecular flexibility index (Phi) is 5.21. The standard InChI is InChI=1S/C18H16F3N3O3S2/c19-18(20,21)13-5-1-6-14(10-13)29(25,26)24-8-2-4-12(11-24)17-22-16(23-27-17)15-7-3-9-28-15/h1,3,5-7,9-10,12H,2,4,8,11H2. The van der Waals surface area contributed by atoms with Crippen LogP contribution in [0, 0.1) is 0 Å². The second-order valence-corrected chi connectivity index (χ2v) is 9.55. The average Bonchev–Trinajstić information content (AvgIpc) is 3.39. The van der Waals surface area contributed by atoms with Gasteiger partial charge in [-0.15, -0.1) is 11.3 Å². The Morgan fingerprint density at radius 3 is 2.76 bits per heavy atom. The fraction of sp³-hybridized carbons (Fsp3) is 0.333. The van der Waals surface area contributed by atoms with E-state index < -0.39 is 21.8 Å². The molecule has 1 atom stereocenters. The minimum atomic E-state index is -4.61. The number of sulfonamides is 1. The van der Waals surface area contributed by atoms with Crippen molar-refractivity contribution in [3.63, 3.8) is 0 Å². The summed E-state index contributed by atoms with van der Waals surface area (Å²) in [5.41, 5.74) is -0.996. The Morgan fingerprint density at radius 2 is 2.03 bits per heavy atom. The van der Waals surface area contributed by atoms with Crippen LogP contribution < -0.4 is 0 Å². The summed E-state index contributed by atoms with van der Waals surface area (Å²) in [4.78, 5) is 4.83. The highest BCUT2D eigenvalue weighted by Crippen LogP contribution is 2.34. The van der Waals surface area contributed by atoms with Gasteiger partial charge in [0.1, 0.15) is 0 Å². The van der Waals surface area contributed by atoms with Gasteiger partial charge in [-0.3, -0.25) is 0 Å². The summed E-state index contributed by atoms with van der Waals surface area (Å²) in [6.07, 6.45) is -3.42. The minimum absolute atomic E-state index is 0.0741. The first-order chi connectivity index (χ1) is 13.7. The highest BCUT2D eigenvalue weighted by Gasteiger charge is 2.36. The van der Waals surface area contributed by atoms with E-state index in [1.807, 2.05) is 17.5 Å². The van der Waals surface area contributed by atoms with E-state index in [0.29, 0.717) is 30.6 Å². The van der Waals surface area contributed by atoms with Crippen molar-refractivity contribution in [3.05, 3.63) is 53.2 Å². The predicted molar refractivity (Wildman–Crippen MR) is 99.8 cm³/mol. The molecule has 11 heteroatoms. The van der Waals surface area contributed by atoms with Crippen LogP contribution >= 0.6 is 11.3 Å². The summed E-state index contributed by atoms with van der Waals surface area (Å²) in [6.45, 7) is 0.297. The maximum absolute atomic E-state index is 13.0. The largest absolute Gasteiger partial charge is 0.416 e. The number of alkyl halides is 3. The lowest BCUT2D eigenvalue weighted by molar-refractivity contribution is -0.137. The van der Waals surface area contributed by atoms with Gasteiger partial charge >= 0.3 is 6.18 Å². The lowest BCUT2D eigenvalue weighted by atomic mass is 10.00. The molecule has 0 radical (unpaired) electrons. The Hall–Kier alpha value is -2.24. The Balaban J connectivity index is 1.57. The third-order valence-electron chi connectivity index (χ3n) is 4.72. The molecule has 0 N–H and O–H groups in total. The number of hydrogen-bond donors (Lipinski definition) is 0. The topological polar surface area (TPSA) is 76.3 Å². The van der Waals surface area contributed by atoms with Crippen LogP contribution in [0.25, 0.3) is 10.7 Å². The molecule has 0 bridgehead atoms. The molecule has 0 aliphatic carbocycles. The van der Waals surface area contributed by atoms with Gasteiger partial charge in [0.2, 0.25) is 21.7 Å². The molecule has 3 heterocycles. The van der Waals surface area contributed by atoms with Gasteiger partial charge < -0.3 is 4.52 Å². The molecule has 6 nitrogen and oxygen atoms in total. The number of rotatable bonds is 4. The number of aromatic nitrogens is 2. The number of halogens is 3. The number of benzene rings is 1. The zero-order chi connectivity index (χ0) is 20.6. The third kappa shape index (κ3) is 4.07. The number of piperidine rings is 1. The summed E-state index contributed by atoms with van der Waals surface area (Å²) in [5, 5.41) is 5.83. The second kappa shape index (κ2) is 7.54. The van der Waals surface area contributed by atoms with E-state index in [-0.39, 0.29) is 23.9 Å². The van der Waals surface area contributed by atoms with Crippen LogP contribution in [-0.2, 0) is 16.2 Å². The molecule has 1 fully saturated rings. The van der Waals surface area contributed by atoms with E-state index >= 15 is 0 Å². The zero-order valence-electron chi connectivity index (χ0n) is 15.0. The lowest BCUT2D eigenvalue weighted by Gasteiger charge is -2.30.